The van der Waals surface area contributed by atoms with Crippen molar-refractivity contribution in [3.05, 3.63) is 53.1 Å². The molecule has 9 nitrogen and oxygen atoms in total. The molecule has 2 rings (SSSR count). The lowest BCUT2D eigenvalue weighted by molar-refractivity contribution is -0.145. The van der Waals surface area contributed by atoms with Crippen molar-refractivity contribution in [3.8, 4) is 17.4 Å². The molecule has 2 aromatic rings. The molecule has 36 heavy (non-hydrogen) atoms. The Morgan fingerprint density at radius 2 is 1.92 bits per heavy atom. The van der Waals surface area contributed by atoms with Crippen LogP contribution >= 0.6 is 11.6 Å². The molecule has 1 N–H and O–H groups in total. The highest BCUT2D eigenvalue weighted by Crippen LogP contribution is 2.37. The van der Waals surface area contributed by atoms with E-state index < -0.39 is 47.8 Å². The van der Waals surface area contributed by atoms with Crippen LogP contribution in [0.5, 0.6) is 17.4 Å². The first-order chi connectivity index (χ1) is 16.8. The normalized spacial score (nSPS) is 11.5. The molecule has 0 unspecified atom stereocenters. The van der Waals surface area contributed by atoms with Crippen LogP contribution < -0.4 is 14.8 Å². The Kier molecular flexibility index (Phi) is 9.61. The summed E-state index contributed by atoms with van der Waals surface area (Å²) in [6.45, 7) is 2.14. The van der Waals surface area contributed by atoms with Gasteiger partial charge in [-0.25, -0.2) is 19.0 Å². The number of carbonyl (C=O) groups is 3. The van der Waals surface area contributed by atoms with Gasteiger partial charge in [0.2, 0.25) is 0 Å². The first-order valence-corrected chi connectivity index (χ1v) is 10.5. The van der Waals surface area contributed by atoms with Crippen molar-refractivity contribution in [2.45, 2.75) is 20.0 Å². The van der Waals surface area contributed by atoms with Crippen LogP contribution in [0.1, 0.15) is 13.8 Å². The highest BCUT2D eigenvalue weighted by Gasteiger charge is 2.39. The van der Waals surface area contributed by atoms with E-state index in [-0.39, 0.29) is 40.0 Å². The molecular formula is C22H20ClF4N3O6. The van der Waals surface area contributed by atoms with Crippen molar-refractivity contribution < 1.29 is 46.2 Å². The molecule has 0 fully saturated rings. The Morgan fingerprint density at radius 1 is 1.22 bits per heavy atom. The van der Waals surface area contributed by atoms with E-state index in [0.29, 0.717) is 0 Å². The molecule has 1 aromatic heterocycles. The third-order valence-electron chi connectivity index (χ3n) is 4.15. The number of halogens is 5. The van der Waals surface area contributed by atoms with Gasteiger partial charge >= 0.3 is 18.2 Å². The second-order valence-corrected chi connectivity index (χ2v) is 7.30. The van der Waals surface area contributed by atoms with Crippen LogP contribution in [0.25, 0.3) is 0 Å². The van der Waals surface area contributed by atoms with Crippen LogP contribution in [0, 0.1) is 5.82 Å². The van der Waals surface area contributed by atoms with E-state index in [1.807, 2.05) is 5.32 Å². The number of anilines is 1. The smallest absolute Gasteiger partial charge is 0.431 e. The molecule has 1 aromatic carbocycles. The number of amides is 2. The summed E-state index contributed by atoms with van der Waals surface area (Å²) in [7, 11) is 0.756. The molecule has 0 spiro atoms. The van der Waals surface area contributed by atoms with Gasteiger partial charge in [0.05, 0.1) is 17.3 Å². The van der Waals surface area contributed by atoms with Crippen LogP contribution in [-0.4, -0.2) is 54.1 Å². The minimum Gasteiger partial charge on any atom is -0.463 e. The zero-order valence-electron chi connectivity index (χ0n) is 19.1. The van der Waals surface area contributed by atoms with Crippen molar-refractivity contribution in [2.24, 2.45) is 0 Å². The number of urea groups is 1. The van der Waals surface area contributed by atoms with Gasteiger partial charge in [0.1, 0.15) is 17.3 Å². The maximum atomic E-state index is 14.4. The lowest BCUT2D eigenvalue weighted by Crippen LogP contribution is -2.37. The summed E-state index contributed by atoms with van der Waals surface area (Å²) in [6.07, 6.45) is -3.47. The van der Waals surface area contributed by atoms with Gasteiger partial charge in [-0.2, -0.15) is 13.2 Å². The van der Waals surface area contributed by atoms with Crippen molar-refractivity contribution in [3.63, 3.8) is 0 Å². The lowest BCUT2D eigenvalue weighted by atomic mass is 10.2. The number of nitrogens with zero attached hydrogens (tertiary/aromatic N) is 2. The number of ether oxygens (including phenoxy) is 3. The lowest BCUT2D eigenvalue weighted by Gasteiger charge is -2.23. The van der Waals surface area contributed by atoms with E-state index in [2.05, 4.69) is 4.98 Å². The molecule has 0 saturated carbocycles. The number of benzene rings is 1. The second-order valence-electron chi connectivity index (χ2n) is 6.89. The number of hydrogen-bond donors (Lipinski definition) is 1. The minimum absolute atomic E-state index is 0.0477. The van der Waals surface area contributed by atoms with Gasteiger partial charge in [-0.15, -0.1) is 0 Å². The Bertz CT molecular complexity index is 1170. The summed E-state index contributed by atoms with van der Waals surface area (Å²) in [5.74, 6) is -3.11. The Hall–Kier alpha value is -3.87. The molecule has 0 aliphatic heterocycles. The average Bonchev–Trinajstić information content (AvgIpc) is 2.78. The maximum absolute atomic E-state index is 14.4. The van der Waals surface area contributed by atoms with E-state index in [1.165, 1.54) is 18.3 Å². The molecule has 1 heterocycles. The van der Waals surface area contributed by atoms with E-state index in [0.717, 1.165) is 26.1 Å². The van der Waals surface area contributed by atoms with Crippen LogP contribution in [0.4, 0.5) is 28.0 Å². The topological polar surface area (TPSA) is 107 Å². The van der Waals surface area contributed by atoms with E-state index in [9.17, 15) is 31.9 Å². The van der Waals surface area contributed by atoms with E-state index >= 15 is 0 Å². The molecule has 0 aliphatic carbocycles. The fourth-order valence-electron chi connectivity index (χ4n) is 2.58. The number of carbonyl (C=O) groups excluding carboxylic acids is 3. The molecule has 194 valence electrons. The van der Waals surface area contributed by atoms with Gasteiger partial charge in [0.15, 0.2) is 18.1 Å². The molecule has 0 saturated heterocycles. The van der Waals surface area contributed by atoms with E-state index in [4.69, 9.17) is 25.8 Å². The first kappa shape index (κ1) is 28.4. The number of rotatable bonds is 9. The number of ketones is 1. The largest absolute Gasteiger partial charge is 0.463 e. The molecule has 0 bridgehead atoms. The van der Waals surface area contributed by atoms with Crippen molar-refractivity contribution in [2.75, 3.05) is 25.6 Å². The number of nitrogens with one attached hydrogen (secondary N) is 1. The first-order valence-electron chi connectivity index (χ1n) is 10.1. The van der Waals surface area contributed by atoms with Crippen LogP contribution in [0.15, 0.2) is 42.2 Å². The standard InChI is InChI=1S/C22H20ClF4N3O6/c1-4-34-19(32)11-35-20-16(6-5-7-28-20)36-17-10-15(14(24)9-13(17)23)29-21(33)30(3)18(8-12(2)31)22(25,26)27/h5-10H,4,11H2,1-3H3,(H,29,33)/b18-8-. The third-order valence-corrected chi connectivity index (χ3v) is 4.44. The molecule has 0 atom stereocenters. The number of aromatic nitrogens is 1. The van der Waals surface area contributed by atoms with Crippen molar-refractivity contribution >= 4 is 35.1 Å². The Balaban J connectivity index is 2.29. The predicted molar refractivity (Wildman–Crippen MR) is 119 cm³/mol. The summed E-state index contributed by atoms with van der Waals surface area (Å²) in [5.41, 5.74) is -2.13. The summed E-state index contributed by atoms with van der Waals surface area (Å²) < 4.78 is 69.8. The summed E-state index contributed by atoms with van der Waals surface area (Å²) >= 11 is 6.02. The summed E-state index contributed by atoms with van der Waals surface area (Å²) in [4.78, 5) is 39.1. The zero-order valence-corrected chi connectivity index (χ0v) is 19.9. The Morgan fingerprint density at radius 3 is 2.53 bits per heavy atom. The highest BCUT2D eigenvalue weighted by atomic mass is 35.5. The number of pyridine rings is 1. The number of hydrogen-bond acceptors (Lipinski definition) is 7. The summed E-state index contributed by atoms with van der Waals surface area (Å²) in [6, 6.07) is 3.14. The minimum atomic E-state index is -5.04. The fraction of sp³-hybridized carbons (Fsp3) is 0.273. The third kappa shape index (κ3) is 7.83. The number of alkyl halides is 3. The van der Waals surface area contributed by atoms with Crippen LogP contribution in [0.3, 0.4) is 0 Å². The van der Waals surface area contributed by atoms with Gasteiger partial charge in [0, 0.05) is 25.4 Å². The van der Waals surface area contributed by atoms with Gasteiger partial charge in [-0.05, 0) is 32.0 Å². The van der Waals surface area contributed by atoms with Crippen LogP contribution in [0.2, 0.25) is 5.02 Å². The predicted octanol–water partition coefficient (Wildman–Crippen LogP) is 5.11. The number of esters is 1. The zero-order chi connectivity index (χ0) is 27.0. The van der Waals surface area contributed by atoms with E-state index in [1.54, 1.807) is 6.92 Å². The Labute approximate surface area is 207 Å². The molecule has 0 aliphatic rings. The summed E-state index contributed by atoms with van der Waals surface area (Å²) in [5, 5.41) is 1.71. The SMILES string of the molecule is CCOC(=O)COc1ncccc1Oc1cc(NC(=O)N(C)/C(=C\C(C)=O)C(F)(F)F)c(F)cc1Cl. The van der Waals surface area contributed by atoms with Crippen molar-refractivity contribution in [1.29, 1.82) is 0 Å². The number of allylic oxidation sites excluding steroid dienone is 2. The van der Waals surface area contributed by atoms with Crippen molar-refractivity contribution in [1.82, 2.24) is 9.88 Å². The molecule has 14 heteroatoms. The van der Waals surface area contributed by atoms with Gasteiger partial charge in [-0.1, -0.05) is 11.6 Å². The molecule has 0 radical (unpaired) electrons. The van der Waals surface area contributed by atoms with Gasteiger partial charge in [-0.3, -0.25) is 9.69 Å². The maximum Gasteiger partial charge on any atom is 0.431 e. The second kappa shape index (κ2) is 12.2. The highest BCUT2D eigenvalue weighted by molar-refractivity contribution is 6.32. The fourth-order valence-corrected chi connectivity index (χ4v) is 2.77. The average molecular weight is 534 g/mol. The van der Waals surface area contributed by atoms with Crippen LogP contribution in [-0.2, 0) is 14.3 Å². The quantitative estimate of drug-likeness (QED) is 0.271. The van der Waals surface area contributed by atoms with Gasteiger partial charge < -0.3 is 19.5 Å². The molecule has 2 amide bonds. The monoisotopic (exact) mass is 533 g/mol. The molecular weight excluding hydrogens is 514 g/mol. The van der Waals surface area contributed by atoms with Gasteiger partial charge in [0.25, 0.3) is 5.88 Å².